The van der Waals surface area contributed by atoms with Gasteiger partial charge in [-0.15, -0.1) is 6.58 Å². The summed E-state index contributed by atoms with van der Waals surface area (Å²) in [6, 6.07) is 0. The Morgan fingerprint density at radius 1 is 1.77 bits per heavy atom. The van der Waals surface area contributed by atoms with Gasteiger partial charge in [-0.25, -0.2) is 0 Å². The third-order valence-electron chi connectivity index (χ3n) is 2.23. The summed E-state index contributed by atoms with van der Waals surface area (Å²) in [7, 11) is 0. The minimum atomic E-state index is 0.140. The Hall–Kier alpha value is -1.05. The number of hydrogen-bond acceptors (Lipinski definition) is 2. The predicted octanol–water partition coefficient (Wildman–Crippen LogP) is 2.46. The van der Waals surface area contributed by atoms with E-state index < -0.39 is 0 Å². The van der Waals surface area contributed by atoms with Crippen molar-refractivity contribution < 1.29 is 9.53 Å². The molecule has 1 atom stereocenters. The fourth-order valence-corrected chi connectivity index (χ4v) is 1.54. The Kier molecular flexibility index (Phi) is 3.74. The van der Waals surface area contributed by atoms with Gasteiger partial charge in [-0.05, 0) is 19.8 Å². The van der Waals surface area contributed by atoms with Crippen molar-refractivity contribution in [3.8, 4) is 0 Å². The summed E-state index contributed by atoms with van der Waals surface area (Å²) < 4.78 is 5.29. The van der Waals surface area contributed by atoms with Crippen LogP contribution in [0.1, 0.15) is 26.2 Å². The van der Waals surface area contributed by atoms with Gasteiger partial charge in [0.25, 0.3) is 0 Å². The lowest BCUT2D eigenvalue weighted by Gasteiger charge is -2.19. The molecule has 2 heteroatoms. The molecule has 0 N–H and O–H groups in total. The summed E-state index contributed by atoms with van der Waals surface area (Å²) in [5.74, 6) is 1.17. The third-order valence-corrected chi connectivity index (χ3v) is 2.23. The Morgan fingerprint density at radius 2 is 2.54 bits per heavy atom. The number of carbonyl (C=O) groups is 1. The van der Waals surface area contributed by atoms with Crippen LogP contribution in [0.15, 0.2) is 24.5 Å². The molecule has 1 aliphatic carbocycles. The molecule has 0 aromatic heterocycles. The first-order valence-corrected chi connectivity index (χ1v) is 4.76. The van der Waals surface area contributed by atoms with Crippen LogP contribution in [0, 0.1) is 5.92 Å². The summed E-state index contributed by atoms with van der Waals surface area (Å²) in [5.41, 5.74) is 0. The first-order valence-electron chi connectivity index (χ1n) is 4.76. The zero-order chi connectivity index (χ0) is 9.68. The highest BCUT2D eigenvalue weighted by molar-refractivity contribution is 5.93. The van der Waals surface area contributed by atoms with Gasteiger partial charge in [0.2, 0.25) is 0 Å². The second kappa shape index (κ2) is 4.85. The molecule has 0 fully saturated rings. The number of ketones is 1. The molecular formula is C11H16O2. The van der Waals surface area contributed by atoms with Crippen LogP contribution in [0.2, 0.25) is 0 Å². The van der Waals surface area contributed by atoms with E-state index in [1.165, 1.54) is 0 Å². The molecule has 0 spiro atoms. The molecule has 1 rings (SSSR count). The second-order valence-electron chi connectivity index (χ2n) is 3.21. The van der Waals surface area contributed by atoms with E-state index in [2.05, 4.69) is 6.58 Å². The van der Waals surface area contributed by atoms with Gasteiger partial charge in [-0.1, -0.05) is 6.08 Å². The molecule has 0 aliphatic heterocycles. The summed E-state index contributed by atoms with van der Waals surface area (Å²) in [6.07, 6.45) is 6.02. The fourth-order valence-electron chi connectivity index (χ4n) is 1.54. The SMILES string of the molecule is C=CC[C@H]1CCC(OCC)=CC1=O. The van der Waals surface area contributed by atoms with Gasteiger partial charge in [-0.3, -0.25) is 4.79 Å². The van der Waals surface area contributed by atoms with Gasteiger partial charge >= 0.3 is 0 Å². The van der Waals surface area contributed by atoms with Crippen molar-refractivity contribution in [2.75, 3.05) is 6.61 Å². The molecule has 0 radical (unpaired) electrons. The molecule has 0 heterocycles. The molecule has 13 heavy (non-hydrogen) atoms. The van der Waals surface area contributed by atoms with Crippen LogP contribution in [0.4, 0.5) is 0 Å². The van der Waals surface area contributed by atoms with Gasteiger partial charge in [0.15, 0.2) is 5.78 Å². The van der Waals surface area contributed by atoms with Crippen LogP contribution >= 0.6 is 0 Å². The number of allylic oxidation sites excluding steroid dienone is 3. The maximum atomic E-state index is 11.5. The summed E-state index contributed by atoms with van der Waals surface area (Å²) in [4.78, 5) is 11.5. The minimum absolute atomic E-state index is 0.140. The van der Waals surface area contributed by atoms with E-state index in [4.69, 9.17) is 4.74 Å². The van der Waals surface area contributed by atoms with Crippen molar-refractivity contribution in [2.24, 2.45) is 5.92 Å². The van der Waals surface area contributed by atoms with E-state index in [1.54, 1.807) is 6.08 Å². The van der Waals surface area contributed by atoms with Gasteiger partial charge in [-0.2, -0.15) is 0 Å². The Balaban J connectivity index is 2.55. The highest BCUT2D eigenvalue weighted by Gasteiger charge is 2.21. The highest BCUT2D eigenvalue weighted by Crippen LogP contribution is 2.24. The van der Waals surface area contributed by atoms with E-state index in [9.17, 15) is 4.79 Å². The molecular weight excluding hydrogens is 164 g/mol. The Labute approximate surface area is 79.3 Å². The maximum Gasteiger partial charge on any atom is 0.162 e. The number of hydrogen-bond donors (Lipinski definition) is 0. The quantitative estimate of drug-likeness (QED) is 0.621. The molecule has 72 valence electrons. The Morgan fingerprint density at radius 3 is 3.08 bits per heavy atom. The topological polar surface area (TPSA) is 26.3 Å². The van der Waals surface area contributed by atoms with Gasteiger partial charge in [0, 0.05) is 18.4 Å². The number of rotatable bonds is 4. The van der Waals surface area contributed by atoms with Crippen LogP contribution in [0.25, 0.3) is 0 Å². The lowest BCUT2D eigenvalue weighted by atomic mass is 9.89. The average molecular weight is 180 g/mol. The van der Waals surface area contributed by atoms with Crippen molar-refractivity contribution in [1.29, 1.82) is 0 Å². The first-order chi connectivity index (χ1) is 6.27. The summed E-state index contributed by atoms with van der Waals surface area (Å²) in [6.45, 7) is 6.22. The largest absolute Gasteiger partial charge is 0.498 e. The molecule has 2 nitrogen and oxygen atoms in total. The summed E-state index contributed by atoms with van der Waals surface area (Å²) >= 11 is 0. The van der Waals surface area contributed by atoms with Gasteiger partial charge < -0.3 is 4.74 Å². The van der Waals surface area contributed by atoms with E-state index in [0.717, 1.165) is 25.0 Å². The van der Waals surface area contributed by atoms with Crippen molar-refractivity contribution >= 4 is 5.78 Å². The normalized spacial score (nSPS) is 22.4. The van der Waals surface area contributed by atoms with Crippen LogP contribution < -0.4 is 0 Å². The van der Waals surface area contributed by atoms with E-state index in [1.807, 2.05) is 13.0 Å². The molecule has 0 aromatic rings. The van der Waals surface area contributed by atoms with Crippen molar-refractivity contribution in [1.82, 2.24) is 0 Å². The summed E-state index contributed by atoms with van der Waals surface area (Å²) in [5, 5.41) is 0. The molecule has 1 aliphatic rings. The maximum absolute atomic E-state index is 11.5. The third kappa shape index (κ3) is 2.72. The lowest BCUT2D eigenvalue weighted by molar-refractivity contribution is -0.119. The zero-order valence-electron chi connectivity index (χ0n) is 8.08. The van der Waals surface area contributed by atoms with Crippen LogP contribution in [-0.4, -0.2) is 12.4 Å². The van der Waals surface area contributed by atoms with Crippen LogP contribution in [0.3, 0.4) is 0 Å². The standard InChI is InChI=1S/C11H16O2/c1-3-5-9-6-7-10(13-4-2)8-11(9)12/h3,8-9H,1,4-7H2,2H3/t9-/m0/s1. The predicted molar refractivity (Wildman–Crippen MR) is 52.3 cm³/mol. The average Bonchev–Trinajstić information content (AvgIpc) is 2.10. The van der Waals surface area contributed by atoms with Crippen molar-refractivity contribution in [3.05, 3.63) is 24.5 Å². The molecule has 0 saturated carbocycles. The number of ether oxygens (including phenoxy) is 1. The highest BCUT2D eigenvalue weighted by atomic mass is 16.5. The van der Waals surface area contributed by atoms with E-state index >= 15 is 0 Å². The van der Waals surface area contributed by atoms with E-state index in [-0.39, 0.29) is 11.7 Å². The van der Waals surface area contributed by atoms with Gasteiger partial charge in [0.05, 0.1) is 12.4 Å². The fraction of sp³-hybridized carbons (Fsp3) is 0.545. The molecule has 0 saturated heterocycles. The first kappa shape index (κ1) is 10.0. The van der Waals surface area contributed by atoms with Crippen LogP contribution in [-0.2, 0) is 9.53 Å². The lowest BCUT2D eigenvalue weighted by Crippen LogP contribution is -2.17. The molecule has 0 aromatic carbocycles. The molecule has 0 bridgehead atoms. The van der Waals surface area contributed by atoms with Crippen molar-refractivity contribution in [3.63, 3.8) is 0 Å². The Bertz CT molecular complexity index is 228. The second-order valence-corrected chi connectivity index (χ2v) is 3.21. The zero-order valence-corrected chi connectivity index (χ0v) is 8.08. The minimum Gasteiger partial charge on any atom is -0.498 e. The van der Waals surface area contributed by atoms with Gasteiger partial charge in [0.1, 0.15) is 0 Å². The smallest absolute Gasteiger partial charge is 0.162 e. The molecule has 0 unspecified atom stereocenters. The van der Waals surface area contributed by atoms with E-state index in [0.29, 0.717) is 6.61 Å². The monoisotopic (exact) mass is 180 g/mol. The molecule has 0 amide bonds. The van der Waals surface area contributed by atoms with Crippen LogP contribution in [0.5, 0.6) is 0 Å². The van der Waals surface area contributed by atoms with Crippen molar-refractivity contribution in [2.45, 2.75) is 26.2 Å². The number of carbonyl (C=O) groups excluding carboxylic acids is 1.